The lowest BCUT2D eigenvalue weighted by atomic mass is 9.85. The van der Waals surface area contributed by atoms with Gasteiger partial charge in [-0.25, -0.2) is 0 Å². The van der Waals surface area contributed by atoms with Gasteiger partial charge in [-0.1, -0.05) is 29.8 Å². The molecule has 0 heterocycles. The van der Waals surface area contributed by atoms with Crippen molar-refractivity contribution in [3.63, 3.8) is 0 Å². The summed E-state index contributed by atoms with van der Waals surface area (Å²) in [7, 11) is 1.68. The Morgan fingerprint density at radius 2 is 2.06 bits per heavy atom. The van der Waals surface area contributed by atoms with Crippen LogP contribution in [0.1, 0.15) is 31.7 Å². The Morgan fingerprint density at radius 3 is 2.56 bits per heavy atom. The normalized spacial score (nSPS) is 12.9. The smallest absolute Gasteiger partial charge is 0.122 e. The van der Waals surface area contributed by atoms with Crippen LogP contribution in [-0.4, -0.2) is 18.8 Å². The molecule has 0 aliphatic heterocycles. The third kappa shape index (κ3) is 3.22. The van der Waals surface area contributed by atoms with Gasteiger partial charge in [-0.2, -0.15) is 0 Å². The highest BCUT2D eigenvalue weighted by molar-refractivity contribution is 9.10. The Balaban J connectivity index is 3.10. The Morgan fingerprint density at radius 1 is 1.38 bits per heavy atom. The molecule has 1 aromatic carbocycles. The summed E-state index contributed by atoms with van der Waals surface area (Å²) in [6.07, 6.45) is 0.768. The third-order valence-corrected chi connectivity index (χ3v) is 3.33. The van der Waals surface area contributed by atoms with E-state index in [1.807, 2.05) is 12.1 Å². The number of halogens is 1. The second kappa shape index (κ2) is 6.26. The zero-order chi connectivity index (χ0) is 12.1. The summed E-state index contributed by atoms with van der Waals surface area (Å²) >= 11 is 3.48. The number of aliphatic hydroxyl groups is 1. The largest absolute Gasteiger partial charge is 0.496 e. The molecule has 0 aliphatic carbocycles. The molecule has 1 rings (SSSR count). The maximum absolute atomic E-state index is 9.13. The lowest BCUT2D eigenvalue weighted by Crippen LogP contribution is -2.10. The Labute approximate surface area is 106 Å². The van der Waals surface area contributed by atoms with Gasteiger partial charge in [-0.05, 0) is 42.0 Å². The molecule has 1 aromatic rings. The summed E-state index contributed by atoms with van der Waals surface area (Å²) < 4.78 is 6.42. The van der Waals surface area contributed by atoms with Crippen LogP contribution in [0.2, 0.25) is 0 Å². The summed E-state index contributed by atoms with van der Waals surface area (Å²) in [6, 6.07) is 6.02. The first-order chi connectivity index (χ1) is 7.60. The molecule has 0 aliphatic rings. The summed E-state index contributed by atoms with van der Waals surface area (Å²) in [6.45, 7) is 4.54. The molecule has 1 atom stereocenters. The van der Waals surface area contributed by atoms with Crippen molar-refractivity contribution in [2.75, 3.05) is 13.7 Å². The standard InChI is InChI=1S/C13H19BrO2/c1-9(2)11(6-7-15)12-8-10(14)4-5-13(12)16-3/h4-5,8-9,11,15H,6-7H2,1-3H3/t11-/m0/s1. The lowest BCUT2D eigenvalue weighted by molar-refractivity contribution is 0.259. The second-order valence-electron chi connectivity index (χ2n) is 4.25. The van der Waals surface area contributed by atoms with Crippen molar-refractivity contribution in [2.45, 2.75) is 26.2 Å². The van der Waals surface area contributed by atoms with Gasteiger partial charge in [0.1, 0.15) is 5.75 Å². The zero-order valence-electron chi connectivity index (χ0n) is 10.0. The predicted octanol–water partition coefficient (Wildman–Crippen LogP) is 3.58. The van der Waals surface area contributed by atoms with Crippen molar-refractivity contribution >= 4 is 15.9 Å². The molecule has 3 heteroatoms. The Bertz CT molecular complexity index is 337. The number of aliphatic hydroxyl groups excluding tert-OH is 1. The van der Waals surface area contributed by atoms with E-state index in [1.165, 1.54) is 5.56 Å². The van der Waals surface area contributed by atoms with E-state index < -0.39 is 0 Å². The Hall–Kier alpha value is -0.540. The van der Waals surface area contributed by atoms with Gasteiger partial charge < -0.3 is 9.84 Å². The van der Waals surface area contributed by atoms with E-state index in [2.05, 4.69) is 35.8 Å². The molecule has 1 N–H and O–H groups in total. The van der Waals surface area contributed by atoms with Crippen molar-refractivity contribution in [1.82, 2.24) is 0 Å². The van der Waals surface area contributed by atoms with E-state index in [0.717, 1.165) is 16.6 Å². The van der Waals surface area contributed by atoms with Crippen LogP contribution in [0.3, 0.4) is 0 Å². The van der Waals surface area contributed by atoms with Crippen molar-refractivity contribution in [1.29, 1.82) is 0 Å². The SMILES string of the molecule is COc1ccc(Br)cc1[C@@H](CCO)C(C)C. The van der Waals surface area contributed by atoms with E-state index in [4.69, 9.17) is 9.84 Å². The molecule has 0 spiro atoms. The van der Waals surface area contributed by atoms with Crippen molar-refractivity contribution in [3.8, 4) is 5.75 Å². The molecule has 0 fully saturated rings. The minimum Gasteiger partial charge on any atom is -0.496 e. The third-order valence-electron chi connectivity index (χ3n) is 2.84. The molecular formula is C13H19BrO2. The van der Waals surface area contributed by atoms with Gasteiger partial charge in [0.2, 0.25) is 0 Å². The van der Waals surface area contributed by atoms with Gasteiger partial charge in [0.25, 0.3) is 0 Å². The first-order valence-electron chi connectivity index (χ1n) is 5.54. The van der Waals surface area contributed by atoms with Crippen LogP contribution in [-0.2, 0) is 0 Å². The van der Waals surface area contributed by atoms with Crippen LogP contribution in [0.5, 0.6) is 5.75 Å². The minimum atomic E-state index is 0.207. The summed E-state index contributed by atoms with van der Waals surface area (Å²) in [5.74, 6) is 1.71. The number of rotatable bonds is 5. The fourth-order valence-electron chi connectivity index (χ4n) is 1.98. The average molecular weight is 287 g/mol. The average Bonchev–Trinajstić information content (AvgIpc) is 2.25. The highest BCUT2D eigenvalue weighted by atomic mass is 79.9. The van der Waals surface area contributed by atoms with Crippen LogP contribution in [0, 0.1) is 5.92 Å². The second-order valence-corrected chi connectivity index (χ2v) is 5.16. The van der Waals surface area contributed by atoms with Crippen molar-refractivity contribution in [3.05, 3.63) is 28.2 Å². The fraction of sp³-hybridized carbons (Fsp3) is 0.538. The van der Waals surface area contributed by atoms with Crippen LogP contribution < -0.4 is 4.74 Å². The quantitative estimate of drug-likeness (QED) is 0.897. The first kappa shape index (κ1) is 13.5. The lowest BCUT2D eigenvalue weighted by Gasteiger charge is -2.22. The number of hydrogen-bond acceptors (Lipinski definition) is 2. The van der Waals surface area contributed by atoms with Gasteiger partial charge in [0.15, 0.2) is 0 Å². The molecule has 0 bridgehead atoms. The van der Waals surface area contributed by atoms with Gasteiger partial charge in [-0.15, -0.1) is 0 Å². The van der Waals surface area contributed by atoms with Gasteiger partial charge in [-0.3, -0.25) is 0 Å². The van der Waals surface area contributed by atoms with E-state index >= 15 is 0 Å². The molecule has 2 nitrogen and oxygen atoms in total. The number of methoxy groups -OCH3 is 1. The maximum atomic E-state index is 9.13. The molecule has 0 amide bonds. The molecule has 0 unspecified atom stereocenters. The van der Waals surface area contributed by atoms with E-state index in [0.29, 0.717) is 11.8 Å². The topological polar surface area (TPSA) is 29.5 Å². The highest BCUT2D eigenvalue weighted by Gasteiger charge is 2.19. The van der Waals surface area contributed by atoms with Crippen LogP contribution in [0.25, 0.3) is 0 Å². The molecule has 0 saturated carbocycles. The maximum Gasteiger partial charge on any atom is 0.122 e. The fourth-order valence-corrected chi connectivity index (χ4v) is 2.36. The predicted molar refractivity (Wildman–Crippen MR) is 70.0 cm³/mol. The molecule has 0 saturated heterocycles. The number of benzene rings is 1. The van der Waals surface area contributed by atoms with Crippen LogP contribution >= 0.6 is 15.9 Å². The summed E-state index contributed by atoms with van der Waals surface area (Å²) in [4.78, 5) is 0. The van der Waals surface area contributed by atoms with E-state index in [9.17, 15) is 0 Å². The van der Waals surface area contributed by atoms with Crippen molar-refractivity contribution in [2.24, 2.45) is 5.92 Å². The number of ether oxygens (including phenoxy) is 1. The molecular weight excluding hydrogens is 268 g/mol. The minimum absolute atomic E-state index is 0.207. The van der Waals surface area contributed by atoms with Crippen LogP contribution in [0.15, 0.2) is 22.7 Å². The van der Waals surface area contributed by atoms with Crippen molar-refractivity contribution < 1.29 is 9.84 Å². The highest BCUT2D eigenvalue weighted by Crippen LogP contribution is 2.35. The Kier molecular flexibility index (Phi) is 5.29. The molecule has 0 radical (unpaired) electrons. The summed E-state index contributed by atoms with van der Waals surface area (Å²) in [5, 5.41) is 9.13. The first-order valence-corrected chi connectivity index (χ1v) is 6.33. The van der Waals surface area contributed by atoms with Gasteiger partial charge in [0, 0.05) is 11.1 Å². The number of hydrogen-bond donors (Lipinski definition) is 1. The molecule has 0 aromatic heterocycles. The van der Waals surface area contributed by atoms with Gasteiger partial charge >= 0.3 is 0 Å². The van der Waals surface area contributed by atoms with Gasteiger partial charge in [0.05, 0.1) is 7.11 Å². The van der Waals surface area contributed by atoms with E-state index in [-0.39, 0.29) is 6.61 Å². The molecule has 16 heavy (non-hydrogen) atoms. The summed E-state index contributed by atoms with van der Waals surface area (Å²) in [5.41, 5.74) is 1.17. The van der Waals surface area contributed by atoms with E-state index in [1.54, 1.807) is 7.11 Å². The molecule has 90 valence electrons. The monoisotopic (exact) mass is 286 g/mol. The van der Waals surface area contributed by atoms with Crippen LogP contribution in [0.4, 0.5) is 0 Å². The zero-order valence-corrected chi connectivity index (χ0v) is 11.6.